The predicted molar refractivity (Wildman–Crippen MR) is 92.5 cm³/mol. The Balaban J connectivity index is 1.81. The topological polar surface area (TPSA) is 67.6 Å². The molecule has 1 atom stereocenters. The Morgan fingerprint density at radius 2 is 2.17 bits per heavy atom. The summed E-state index contributed by atoms with van der Waals surface area (Å²) < 4.78 is 4.76. The molecule has 0 spiro atoms. The van der Waals surface area contributed by atoms with Gasteiger partial charge in [-0.2, -0.15) is 0 Å². The van der Waals surface area contributed by atoms with Crippen molar-refractivity contribution in [2.45, 2.75) is 38.4 Å². The first-order valence-electron chi connectivity index (χ1n) is 8.04. The predicted octanol–water partition coefficient (Wildman–Crippen LogP) is 1.70. The lowest BCUT2D eigenvalue weighted by Crippen LogP contribution is -2.51. The molecule has 128 valence electrons. The van der Waals surface area contributed by atoms with Crippen LogP contribution in [-0.2, 0) is 16.1 Å². The van der Waals surface area contributed by atoms with Gasteiger partial charge in [0.25, 0.3) is 0 Å². The van der Waals surface area contributed by atoms with Crippen LogP contribution in [0.1, 0.15) is 24.0 Å². The van der Waals surface area contributed by atoms with E-state index in [4.69, 9.17) is 22.1 Å². The molecule has 6 heteroatoms. The smallest absolute Gasteiger partial charge is 0.324 e. The summed E-state index contributed by atoms with van der Waals surface area (Å²) in [5.41, 5.74) is 8.04. The van der Waals surface area contributed by atoms with Crippen molar-refractivity contribution >= 4 is 17.6 Å². The van der Waals surface area contributed by atoms with Crippen LogP contribution in [0.15, 0.2) is 18.2 Å². The van der Waals surface area contributed by atoms with Gasteiger partial charge in [-0.1, -0.05) is 23.7 Å². The van der Waals surface area contributed by atoms with Gasteiger partial charge in [-0.05, 0) is 50.0 Å². The zero-order chi connectivity index (χ0) is 16.8. The monoisotopic (exact) mass is 339 g/mol. The molecule has 1 fully saturated rings. The molecule has 0 saturated carbocycles. The number of methoxy groups -OCH3 is 1. The molecule has 2 rings (SSSR count). The molecule has 1 heterocycles. The summed E-state index contributed by atoms with van der Waals surface area (Å²) in [6.45, 7) is 5.22. The molecule has 1 unspecified atom stereocenters. The van der Waals surface area contributed by atoms with Crippen molar-refractivity contribution in [1.29, 1.82) is 0 Å². The fourth-order valence-corrected chi connectivity index (χ4v) is 3.10. The quantitative estimate of drug-likeness (QED) is 0.772. The summed E-state index contributed by atoms with van der Waals surface area (Å²) >= 11 is 6.07. The third kappa shape index (κ3) is 5.18. The Morgan fingerprint density at radius 1 is 1.48 bits per heavy atom. The number of likely N-dealkylation sites (tertiary alicyclic amines) is 1. The highest BCUT2D eigenvalue weighted by molar-refractivity contribution is 6.31. The third-order valence-corrected chi connectivity index (χ3v) is 4.80. The van der Waals surface area contributed by atoms with Crippen molar-refractivity contribution < 1.29 is 9.53 Å². The first-order valence-corrected chi connectivity index (χ1v) is 8.42. The Kier molecular flexibility index (Phi) is 6.84. The number of carbonyl (C=O) groups excluding carboxylic acids is 1. The molecule has 0 amide bonds. The van der Waals surface area contributed by atoms with Gasteiger partial charge in [-0.25, -0.2) is 0 Å². The number of ether oxygens (including phenoxy) is 1. The lowest BCUT2D eigenvalue weighted by Gasteiger charge is -2.34. The van der Waals surface area contributed by atoms with Crippen LogP contribution in [0.3, 0.4) is 0 Å². The molecule has 0 radical (unpaired) electrons. The second-order valence-corrected chi connectivity index (χ2v) is 6.52. The van der Waals surface area contributed by atoms with E-state index in [0.717, 1.165) is 43.1 Å². The van der Waals surface area contributed by atoms with Gasteiger partial charge < -0.3 is 15.8 Å². The van der Waals surface area contributed by atoms with E-state index >= 15 is 0 Å². The normalized spacial score (nSPS) is 17.9. The molecule has 0 aliphatic carbocycles. The number of nitrogens with zero attached hydrogens (tertiary/aromatic N) is 1. The average molecular weight is 340 g/mol. The van der Waals surface area contributed by atoms with Crippen LogP contribution in [0.2, 0.25) is 5.02 Å². The van der Waals surface area contributed by atoms with Crippen molar-refractivity contribution in [2.75, 3.05) is 26.7 Å². The molecule has 3 N–H and O–H groups in total. The third-order valence-electron chi connectivity index (χ3n) is 4.37. The van der Waals surface area contributed by atoms with Crippen LogP contribution < -0.4 is 11.1 Å². The Labute approximate surface area is 143 Å². The van der Waals surface area contributed by atoms with Crippen LogP contribution in [0.4, 0.5) is 0 Å². The number of aryl methyl sites for hydroxylation is 1. The van der Waals surface area contributed by atoms with Gasteiger partial charge in [0, 0.05) is 24.2 Å². The van der Waals surface area contributed by atoms with Gasteiger partial charge in [0.1, 0.15) is 6.04 Å². The number of hydrogen-bond donors (Lipinski definition) is 2. The number of nitrogens with two attached hydrogens (primary N) is 1. The van der Waals surface area contributed by atoms with Gasteiger partial charge in [0.15, 0.2) is 0 Å². The SMILES string of the molecule is COC(=O)C(CN)NC1CCN(Cc2ccc(Cl)c(C)c2)CC1. The van der Waals surface area contributed by atoms with Crippen molar-refractivity contribution in [3.05, 3.63) is 34.3 Å². The molecule has 0 bridgehead atoms. The number of hydrogen-bond acceptors (Lipinski definition) is 5. The standard InChI is InChI=1S/C17H26ClN3O2/c1-12-9-13(3-4-15(12)18)11-21-7-5-14(6-8-21)20-16(10-19)17(22)23-2/h3-4,9,14,16,20H,5-8,10-11,19H2,1-2H3. The Hall–Kier alpha value is -1.14. The largest absolute Gasteiger partial charge is 0.468 e. The van der Waals surface area contributed by atoms with Crippen molar-refractivity contribution in [2.24, 2.45) is 5.73 Å². The minimum Gasteiger partial charge on any atom is -0.468 e. The Morgan fingerprint density at radius 3 is 2.74 bits per heavy atom. The highest BCUT2D eigenvalue weighted by atomic mass is 35.5. The lowest BCUT2D eigenvalue weighted by molar-refractivity contribution is -0.143. The van der Waals surface area contributed by atoms with Crippen LogP contribution in [-0.4, -0.2) is 49.7 Å². The second kappa shape index (κ2) is 8.64. The van der Waals surface area contributed by atoms with Gasteiger partial charge in [-0.15, -0.1) is 0 Å². The maximum Gasteiger partial charge on any atom is 0.324 e. The molecule has 1 aromatic rings. The van der Waals surface area contributed by atoms with E-state index in [1.807, 2.05) is 13.0 Å². The molecule has 1 aromatic carbocycles. The number of nitrogens with one attached hydrogen (secondary N) is 1. The van der Waals surface area contributed by atoms with E-state index in [2.05, 4.69) is 22.3 Å². The van der Waals surface area contributed by atoms with Crippen molar-refractivity contribution in [3.63, 3.8) is 0 Å². The van der Waals surface area contributed by atoms with Gasteiger partial charge in [0.05, 0.1) is 7.11 Å². The maximum atomic E-state index is 11.6. The summed E-state index contributed by atoms with van der Waals surface area (Å²) in [6, 6.07) is 6.10. The second-order valence-electron chi connectivity index (χ2n) is 6.11. The molecule has 1 saturated heterocycles. The fourth-order valence-electron chi connectivity index (χ4n) is 2.98. The number of halogens is 1. The van der Waals surface area contributed by atoms with Gasteiger partial charge in [-0.3, -0.25) is 9.69 Å². The van der Waals surface area contributed by atoms with Crippen LogP contribution in [0, 0.1) is 6.92 Å². The minimum atomic E-state index is -0.407. The van der Waals surface area contributed by atoms with Crippen LogP contribution >= 0.6 is 11.6 Å². The van der Waals surface area contributed by atoms with Crippen LogP contribution in [0.25, 0.3) is 0 Å². The number of esters is 1. The zero-order valence-corrected chi connectivity index (χ0v) is 14.6. The zero-order valence-electron chi connectivity index (χ0n) is 13.8. The first-order chi connectivity index (χ1) is 11.0. The summed E-state index contributed by atoms with van der Waals surface area (Å²) in [4.78, 5) is 14.0. The van der Waals surface area contributed by atoms with E-state index in [-0.39, 0.29) is 12.5 Å². The Bertz CT molecular complexity index is 531. The summed E-state index contributed by atoms with van der Waals surface area (Å²) in [6.07, 6.45) is 2.00. The lowest BCUT2D eigenvalue weighted by atomic mass is 10.0. The number of carbonyl (C=O) groups is 1. The van der Waals surface area contributed by atoms with E-state index in [9.17, 15) is 4.79 Å². The van der Waals surface area contributed by atoms with E-state index < -0.39 is 6.04 Å². The highest BCUT2D eigenvalue weighted by Gasteiger charge is 2.25. The summed E-state index contributed by atoms with van der Waals surface area (Å²) in [7, 11) is 1.39. The first kappa shape index (κ1) is 18.2. The highest BCUT2D eigenvalue weighted by Crippen LogP contribution is 2.19. The van der Waals surface area contributed by atoms with E-state index in [1.165, 1.54) is 12.7 Å². The van der Waals surface area contributed by atoms with Crippen LogP contribution in [0.5, 0.6) is 0 Å². The molecular formula is C17H26ClN3O2. The maximum absolute atomic E-state index is 11.6. The minimum absolute atomic E-state index is 0.261. The molecule has 5 nitrogen and oxygen atoms in total. The van der Waals surface area contributed by atoms with Gasteiger partial charge >= 0.3 is 5.97 Å². The molecule has 1 aliphatic heterocycles. The van der Waals surface area contributed by atoms with E-state index in [1.54, 1.807) is 0 Å². The molecule has 23 heavy (non-hydrogen) atoms. The van der Waals surface area contributed by atoms with Crippen molar-refractivity contribution in [3.8, 4) is 0 Å². The van der Waals surface area contributed by atoms with Crippen molar-refractivity contribution in [1.82, 2.24) is 10.2 Å². The number of piperidine rings is 1. The molecular weight excluding hydrogens is 314 g/mol. The average Bonchev–Trinajstić information content (AvgIpc) is 2.57. The van der Waals surface area contributed by atoms with E-state index in [0.29, 0.717) is 6.04 Å². The molecule has 0 aromatic heterocycles. The fraction of sp³-hybridized carbons (Fsp3) is 0.588. The number of rotatable bonds is 6. The summed E-state index contributed by atoms with van der Waals surface area (Å²) in [5, 5.41) is 4.13. The van der Waals surface area contributed by atoms with Gasteiger partial charge in [0.2, 0.25) is 0 Å². The molecule has 1 aliphatic rings. The summed E-state index contributed by atoms with van der Waals surface area (Å²) in [5.74, 6) is -0.286. The number of benzene rings is 1.